The Bertz CT molecular complexity index is 963. The minimum atomic E-state index is -0.257. The average Bonchev–Trinajstić information content (AvgIpc) is 3.20. The number of carbonyl (C=O) groups is 2. The average molecular weight is 429 g/mol. The van der Waals surface area contributed by atoms with Gasteiger partial charge in [-0.25, -0.2) is 0 Å². The van der Waals surface area contributed by atoms with Crippen molar-refractivity contribution in [3.05, 3.63) is 65.2 Å². The predicted molar refractivity (Wildman–Crippen MR) is 114 cm³/mol. The summed E-state index contributed by atoms with van der Waals surface area (Å²) in [4.78, 5) is 25.3. The third kappa shape index (κ3) is 6.58. The van der Waals surface area contributed by atoms with E-state index in [-0.39, 0.29) is 24.8 Å². The molecule has 0 bridgehead atoms. The lowest BCUT2D eigenvalue weighted by atomic mass is 10.2. The zero-order chi connectivity index (χ0) is 20.5. The summed E-state index contributed by atoms with van der Waals surface area (Å²) in [6, 6.07) is 16.9. The van der Waals surface area contributed by atoms with Crippen molar-refractivity contribution in [1.82, 2.24) is 15.5 Å². The third-order valence-electron chi connectivity index (χ3n) is 3.79. The number of ether oxygens (including phenoxy) is 1. The lowest BCUT2D eigenvalue weighted by Crippen LogP contribution is -2.27. The fraction of sp³-hybridized carbons (Fsp3) is 0.200. The van der Waals surface area contributed by atoms with Crippen molar-refractivity contribution < 1.29 is 14.3 Å². The number of nitrogens with zero attached hydrogens (tertiary/aromatic N) is 2. The maximum absolute atomic E-state index is 12.1. The molecule has 3 aromatic rings. The second-order valence-corrected chi connectivity index (χ2v) is 8.00. The normalized spacial score (nSPS) is 10.4. The van der Waals surface area contributed by atoms with E-state index in [1.165, 1.54) is 11.3 Å². The summed E-state index contributed by atoms with van der Waals surface area (Å²) in [5.74, 6) is 0.809. The SMILES string of the molecule is COc1cccc(C(=O)NCCC(=O)Nc2nnc(CSc3ccccc3)s2)c1. The Balaban J connectivity index is 1.40. The van der Waals surface area contributed by atoms with Gasteiger partial charge >= 0.3 is 0 Å². The highest BCUT2D eigenvalue weighted by Gasteiger charge is 2.10. The molecule has 150 valence electrons. The smallest absolute Gasteiger partial charge is 0.251 e. The molecule has 7 nitrogen and oxygen atoms in total. The molecule has 2 aromatic carbocycles. The molecule has 2 N–H and O–H groups in total. The Hall–Kier alpha value is -2.91. The van der Waals surface area contributed by atoms with Crippen LogP contribution in [0.25, 0.3) is 0 Å². The Morgan fingerprint density at radius 3 is 2.72 bits per heavy atom. The third-order valence-corrected chi connectivity index (χ3v) is 5.83. The van der Waals surface area contributed by atoms with Crippen LogP contribution in [0.5, 0.6) is 5.75 Å². The molecule has 1 heterocycles. The van der Waals surface area contributed by atoms with Gasteiger partial charge in [-0.1, -0.05) is 35.6 Å². The van der Waals surface area contributed by atoms with E-state index in [4.69, 9.17) is 4.74 Å². The number of benzene rings is 2. The molecule has 0 aliphatic carbocycles. The first-order chi connectivity index (χ1) is 14.1. The monoisotopic (exact) mass is 428 g/mol. The molecule has 0 radical (unpaired) electrons. The van der Waals surface area contributed by atoms with E-state index in [9.17, 15) is 9.59 Å². The quantitative estimate of drug-likeness (QED) is 0.506. The van der Waals surface area contributed by atoms with Crippen molar-refractivity contribution in [3.63, 3.8) is 0 Å². The molecule has 29 heavy (non-hydrogen) atoms. The van der Waals surface area contributed by atoms with Gasteiger partial charge in [-0.2, -0.15) is 0 Å². The summed E-state index contributed by atoms with van der Waals surface area (Å²) in [6.07, 6.45) is 0.142. The molecular formula is C20H20N4O3S2. The Kier molecular flexibility index (Phi) is 7.60. The van der Waals surface area contributed by atoms with E-state index in [1.54, 1.807) is 43.1 Å². The van der Waals surface area contributed by atoms with Crippen LogP contribution >= 0.6 is 23.1 Å². The first-order valence-corrected chi connectivity index (χ1v) is 10.7. The molecule has 0 saturated carbocycles. The summed E-state index contributed by atoms with van der Waals surface area (Å²) in [5, 5.41) is 14.8. The Morgan fingerprint density at radius 2 is 1.93 bits per heavy atom. The number of amides is 2. The second kappa shape index (κ2) is 10.6. The Labute approximate surface area is 176 Å². The first-order valence-electron chi connectivity index (χ1n) is 8.86. The van der Waals surface area contributed by atoms with Crippen LogP contribution in [0.2, 0.25) is 0 Å². The van der Waals surface area contributed by atoms with Crippen LogP contribution in [0, 0.1) is 0 Å². The number of methoxy groups -OCH3 is 1. The van der Waals surface area contributed by atoms with Crippen molar-refractivity contribution in [3.8, 4) is 5.75 Å². The molecule has 0 fully saturated rings. The summed E-state index contributed by atoms with van der Waals surface area (Å²) in [7, 11) is 1.54. The van der Waals surface area contributed by atoms with Crippen molar-refractivity contribution in [1.29, 1.82) is 0 Å². The van der Waals surface area contributed by atoms with Gasteiger partial charge in [0.15, 0.2) is 0 Å². The molecule has 0 saturated heterocycles. The van der Waals surface area contributed by atoms with Gasteiger partial charge in [0.25, 0.3) is 5.91 Å². The zero-order valence-corrected chi connectivity index (χ0v) is 17.4. The van der Waals surface area contributed by atoms with Gasteiger partial charge in [0.1, 0.15) is 10.8 Å². The van der Waals surface area contributed by atoms with Crippen LogP contribution in [0.1, 0.15) is 21.8 Å². The largest absolute Gasteiger partial charge is 0.497 e. The lowest BCUT2D eigenvalue weighted by molar-refractivity contribution is -0.116. The van der Waals surface area contributed by atoms with Gasteiger partial charge in [0.2, 0.25) is 11.0 Å². The van der Waals surface area contributed by atoms with E-state index in [0.717, 1.165) is 9.90 Å². The number of thioether (sulfide) groups is 1. The van der Waals surface area contributed by atoms with Crippen LogP contribution in [0.4, 0.5) is 5.13 Å². The minimum Gasteiger partial charge on any atom is -0.497 e. The van der Waals surface area contributed by atoms with Crippen molar-refractivity contribution in [2.75, 3.05) is 19.0 Å². The number of hydrogen-bond donors (Lipinski definition) is 2. The maximum atomic E-state index is 12.1. The molecule has 0 aliphatic rings. The van der Waals surface area contributed by atoms with E-state index >= 15 is 0 Å². The van der Waals surface area contributed by atoms with Gasteiger partial charge in [-0.3, -0.25) is 9.59 Å². The summed E-state index contributed by atoms with van der Waals surface area (Å²) in [6.45, 7) is 0.220. The highest BCUT2D eigenvalue weighted by Crippen LogP contribution is 2.25. The number of aromatic nitrogens is 2. The number of carbonyl (C=O) groups excluding carboxylic acids is 2. The van der Waals surface area contributed by atoms with Crippen LogP contribution in [0.3, 0.4) is 0 Å². The number of hydrogen-bond acceptors (Lipinski definition) is 7. The minimum absolute atomic E-state index is 0.142. The molecule has 1 aromatic heterocycles. The Morgan fingerprint density at radius 1 is 1.10 bits per heavy atom. The molecule has 0 spiro atoms. The fourth-order valence-electron chi connectivity index (χ4n) is 2.36. The second-order valence-electron chi connectivity index (χ2n) is 5.89. The van der Waals surface area contributed by atoms with Crippen molar-refractivity contribution in [2.24, 2.45) is 0 Å². The van der Waals surface area contributed by atoms with Crippen LogP contribution in [-0.4, -0.2) is 35.7 Å². The maximum Gasteiger partial charge on any atom is 0.251 e. The van der Waals surface area contributed by atoms with Gasteiger partial charge < -0.3 is 15.4 Å². The van der Waals surface area contributed by atoms with E-state index in [2.05, 4.69) is 20.8 Å². The number of nitrogens with one attached hydrogen (secondary N) is 2. The van der Waals surface area contributed by atoms with Gasteiger partial charge in [-0.05, 0) is 30.3 Å². The summed E-state index contributed by atoms with van der Waals surface area (Å²) >= 11 is 3.01. The molecule has 0 aliphatic heterocycles. The highest BCUT2D eigenvalue weighted by molar-refractivity contribution is 7.98. The number of rotatable bonds is 9. The molecule has 3 rings (SSSR count). The first kappa shape index (κ1) is 20.8. The van der Waals surface area contributed by atoms with Crippen LogP contribution in [0.15, 0.2) is 59.5 Å². The highest BCUT2D eigenvalue weighted by atomic mass is 32.2. The lowest BCUT2D eigenvalue weighted by Gasteiger charge is -2.06. The molecule has 0 atom stereocenters. The van der Waals surface area contributed by atoms with E-state index in [0.29, 0.717) is 22.2 Å². The molecule has 9 heteroatoms. The zero-order valence-electron chi connectivity index (χ0n) is 15.8. The number of anilines is 1. The summed E-state index contributed by atoms with van der Waals surface area (Å²) < 4.78 is 5.10. The van der Waals surface area contributed by atoms with E-state index in [1.807, 2.05) is 30.3 Å². The standard InChI is InChI=1S/C20H20N4O3S2/c1-27-15-7-5-6-14(12-15)19(26)21-11-10-17(25)22-20-24-23-18(29-20)13-28-16-8-3-2-4-9-16/h2-9,12H,10-11,13H2,1H3,(H,21,26)(H,22,24,25). The molecular weight excluding hydrogens is 408 g/mol. The van der Waals surface area contributed by atoms with Crippen LogP contribution in [-0.2, 0) is 10.5 Å². The fourth-order valence-corrected chi connectivity index (χ4v) is 4.02. The topological polar surface area (TPSA) is 93.2 Å². The van der Waals surface area contributed by atoms with Gasteiger partial charge in [-0.15, -0.1) is 22.0 Å². The van der Waals surface area contributed by atoms with Gasteiger partial charge in [0.05, 0.1) is 12.9 Å². The van der Waals surface area contributed by atoms with E-state index < -0.39 is 0 Å². The molecule has 2 amide bonds. The summed E-state index contributed by atoms with van der Waals surface area (Å²) in [5.41, 5.74) is 0.481. The van der Waals surface area contributed by atoms with Gasteiger partial charge in [0, 0.05) is 23.4 Å². The molecule has 0 unspecified atom stereocenters. The van der Waals surface area contributed by atoms with Crippen molar-refractivity contribution in [2.45, 2.75) is 17.1 Å². The van der Waals surface area contributed by atoms with Crippen LogP contribution < -0.4 is 15.4 Å². The van der Waals surface area contributed by atoms with Crippen molar-refractivity contribution >= 4 is 40.0 Å². The predicted octanol–water partition coefficient (Wildman–Crippen LogP) is 3.60.